The summed E-state index contributed by atoms with van der Waals surface area (Å²) in [5.74, 6) is 1.41. The largest absolute Gasteiger partial charge is 0.495 e. The molecule has 1 atom stereocenters. The van der Waals surface area contributed by atoms with Crippen molar-refractivity contribution >= 4 is 0 Å². The number of benzene rings is 1. The van der Waals surface area contributed by atoms with E-state index in [1.54, 1.807) is 13.2 Å². The lowest BCUT2D eigenvalue weighted by Crippen LogP contribution is -2.39. The third kappa shape index (κ3) is 3.34. The van der Waals surface area contributed by atoms with E-state index in [2.05, 4.69) is 9.97 Å². The Labute approximate surface area is 147 Å². The summed E-state index contributed by atoms with van der Waals surface area (Å²) >= 11 is 0. The van der Waals surface area contributed by atoms with Gasteiger partial charge in [-0.05, 0) is 31.2 Å². The second-order valence-electron chi connectivity index (χ2n) is 5.86. The lowest BCUT2D eigenvalue weighted by molar-refractivity contribution is 0.292. The van der Waals surface area contributed by atoms with Gasteiger partial charge in [-0.3, -0.25) is 0 Å². The first kappa shape index (κ1) is 17.0. The van der Waals surface area contributed by atoms with Gasteiger partial charge in [0.05, 0.1) is 36.3 Å². The summed E-state index contributed by atoms with van der Waals surface area (Å²) in [6.45, 7) is 2.53. The van der Waals surface area contributed by atoms with Crippen LogP contribution in [0.1, 0.15) is 19.0 Å². The Hall–Kier alpha value is -2.86. The maximum atomic E-state index is 6.55. The molecule has 0 amide bonds. The second kappa shape index (κ2) is 6.94. The zero-order valence-electron chi connectivity index (χ0n) is 14.4. The molecule has 25 heavy (non-hydrogen) atoms. The Balaban J connectivity index is 1.99. The summed E-state index contributed by atoms with van der Waals surface area (Å²) in [4.78, 5) is 8.76. The molecular formula is C19H22N4O2. The predicted molar refractivity (Wildman–Crippen MR) is 96.5 cm³/mol. The molecule has 1 aliphatic carbocycles. The SMILES string of the molecule is CCOc1ccccc1-c1cc(C2(N)C=CC(OC)=C(N)C2)ncn1. The number of hydrogen-bond donors (Lipinski definition) is 2. The molecular weight excluding hydrogens is 316 g/mol. The second-order valence-corrected chi connectivity index (χ2v) is 5.86. The summed E-state index contributed by atoms with van der Waals surface area (Å²) in [5.41, 5.74) is 14.8. The van der Waals surface area contributed by atoms with Crippen LogP contribution in [0.15, 0.2) is 60.3 Å². The van der Waals surface area contributed by atoms with Crippen molar-refractivity contribution in [1.29, 1.82) is 0 Å². The van der Waals surface area contributed by atoms with E-state index in [1.165, 1.54) is 6.33 Å². The minimum atomic E-state index is -0.801. The van der Waals surface area contributed by atoms with Gasteiger partial charge in [-0.1, -0.05) is 18.2 Å². The van der Waals surface area contributed by atoms with Gasteiger partial charge in [-0.25, -0.2) is 9.97 Å². The predicted octanol–water partition coefficient (Wildman–Crippen LogP) is 2.47. The fourth-order valence-electron chi connectivity index (χ4n) is 2.89. The topological polar surface area (TPSA) is 96.3 Å². The highest BCUT2D eigenvalue weighted by Crippen LogP contribution is 2.34. The lowest BCUT2D eigenvalue weighted by atomic mass is 9.86. The van der Waals surface area contributed by atoms with Gasteiger partial charge >= 0.3 is 0 Å². The summed E-state index contributed by atoms with van der Waals surface area (Å²) in [6, 6.07) is 9.65. The Morgan fingerprint density at radius 3 is 2.76 bits per heavy atom. The summed E-state index contributed by atoms with van der Waals surface area (Å²) in [5, 5.41) is 0. The number of rotatable bonds is 5. The number of nitrogens with zero attached hydrogens (tertiary/aromatic N) is 2. The van der Waals surface area contributed by atoms with E-state index >= 15 is 0 Å². The molecule has 6 heteroatoms. The highest BCUT2D eigenvalue weighted by Gasteiger charge is 2.31. The van der Waals surface area contributed by atoms with E-state index in [1.807, 2.05) is 43.3 Å². The van der Waals surface area contributed by atoms with Crippen molar-refractivity contribution in [3.8, 4) is 17.0 Å². The molecule has 6 nitrogen and oxygen atoms in total. The lowest BCUT2D eigenvalue weighted by Gasteiger charge is -2.29. The van der Waals surface area contributed by atoms with E-state index in [0.29, 0.717) is 30.2 Å². The van der Waals surface area contributed by atoms with Crippen molar-refractivity contribution in [2.24, 2.45) is 11.5 Å². The average molecular weight is 338 g/mol. The molecule has 0 aliphatic heterocycles. The zero-order chi connectivity index (χ0) is 17.9. The summed E-state index contributed by atoms with van der Waals surface area (Å²) in [6.07, 6.45) is 5.59. The van der Waals surface area contributed by atoms with Crippen LogP contribution in [0.2, 0.25) is 0 Å². The van der Waals surface area contributed by atoms with Crippen LogP contribution in [0.25, 0.3) is 11.3 Å². The molecule has 0 radical (unpaired) electrons. The number of hydrogen-bond acceptors (Lipinski definition) is 6. The monoisotopic (exact) mass is 338 g/mol. The first-order valence-electron chi connectivity index (χ1n) is 8.13. The highest BCUT2D eigenvalue weighted by atomic mass is 16.5. The molecule has 130 valence electrons. The minimum absolute atomic E-state index is 0.427. The van der Waals surface area contributed by atoms with E-state index in [9.17, 15) is 0 Å². The van der Waals surface area contributed by atoms with Crippen LogP contribution < -0.4 is 16.2 Å². The van der Waals surface area contributed by atoms with Crippen molar-refractivity contribution in [3.63, 3.8) is 0 Å². The molecule has 1 aromatic carbocycles. The Morgan fingerprint density at radius 1 is 1.24 bits per heavy atom. The van der Waals surface area contributed by atoms with Gasteiger partial charge in [-0.2, -0.15) is 0 Å². The van der Waals surface area contributed by atoms with Crippen molar-refractivity contribution in [2.45, 2.75) is 18.9 Å². The minimum Gasteiger partial charge on any atom is -0.495 e. The van der Waals surface area contributed by atoms with Crippen molar-refractivity contribution in [1.82, 2.24) is 9.97 Å². The molecule has 1 unspecified atom stereocenters. The van der Waals surface area contributed by atoms with Crippen LogP contribution in [-0.4, -0.2) is 23.7 Å². The molecule has 0 spiro atoms. The molecule has 3 rings (SSSR count). The van der Waals surface area contributed by atoms with Gasteiger partial charge in [0.15, 0.2) is 0 Å². The third-order valence-corrected chi connectivity index (χ3v) is 4.16. The van der Waals surface area contributed by atoms with E-state index in [4.69, 9.17) is 20.9 Å². The maximum absolute atomic E-state index is 6.55. The number of methoxy groups -OCH3 is 1. The normalized spacial score (nSPS) is 19.8. The molecule has 1 heterocycles. The van der Waals surface area contributed by atoms with Crippen LogP contribution in [0, 0.1) is 0 Å². The standard InChI is InChI=1S/C19H22N4O2/c1-3-25-16-7-5-4-6-13(16)15-10-18(23-12-22-15)19(21)9-8-17(24-2)14(20)11-19/h4-10,12H,3,11,20-21H2,1-2H3. The summed E-state index contributed by atoms with van der Waals surface area (Å²) in [7, 11) is 1.59. The summed E-state index contributed by atoms with van der Waals surface area (Å²) < 4.78 is 10.9. The van der Waals surface area contributed by atoms with Gasteiger partial charge < -0.3 is 20.9 Å². The van der Waals surface area contributed by atoms with Crippen molar-refractivity contribution < 1.29 is 9.47 Å². The molecule has 0 bridgehead atoms. The Bertz CT molecular complexity index is 832. The number of aromatic nitrogens is 2. The van der Waals surface area contributed by atoms with Crippen LogP contribution in [0.4, 0.5) is 0 Å². The maximum Gasteiger partial charge on any atom is 0.137 e. The first-order chi connectivity index (χ1) is 12.1. The Kier molecular flexibility index (Phi) is 4.72. The van der Waals surface area contributed by atoms with Crippen LogP contribution in [0.3, 0.4) is 0 Å². The van der Waals surface area contributed by atoms with E-state index in [0.717, 1.165) is 17.0 Å². The molecule has 0 fully saturated rings. The van der Waals surface area contributed by atoms with E-state index in [-0.39, 0.29) is 0 Å². The number of nitrogens with two attached hydrogens (primary N) is 2. The molecule has 1 aromatic heterocycles. The zero-order valence-corrected chi connectivity index (χ0v) is 14.4. The molecule has 0 saturated heterocycles. The molecule has 2 aromatic rings. The first-order valence-corrected chi connectivity index (χ1v) is 8.13. The fourth-order valence-corrected chi connectivity index (χ4v) is 2.89. The van der Waals surface area contributed by atoms with Gasteiger partial charge in [0, 0.05) is 12.0 Å². The number of para-hydroxylation sites is 1. The Morgan fingerprint density at radius 2 is 2.04 bits per heavy atom. The van der Waals surface area contributed by atoms with Crippen molar-refractivity contribution in [3.05, 3.63) is 66.0 Å². The van der Waals surface area contributed by atoms with E-state index < -0.39 is 5.54 Å². The fraction of sp³-hybridized carbons (Fsp3) is 0.263. The van der Waals surface area contributed by atoms with Gasteiger partial charge in [0.1, 0.15) is 17.8 Å². The van der Waals surface area contributed by atoms with Gasteiger partial charge in [0.25, 0.3) is 0 Å². The number of allylic oxidation sites excluding steroid dienone is 1. The molecule has 4 N–H and O–H groups in total. The molecule has 1 aliphatic rings. The van der Waals surface area contributed by atoms with Crippen LogP contribution in [0.5, 0.6) is 5.75 Å². The average Bonchev–Trinajstić information content (AvgIpc) is 2.63. The highest BCUT2D eigenvalue weighted by molar-refractivity contribution is 5.67. The smallest absolute Gasteiger partial charge is 0.137 e. The third-order valence-electron chi connectivity index (χ3n) is 4.16. The van der Waals surface area contributed by atoms with Gasteiger partial charge in [0.2, 0.25) is 0 Å². The number of ether oxygens (including phenoxy) is 2. The van der Waals surface area contributed by atoms with Gasteiger partial charge in [-0.15, -0.1) is 0 Å². The van der Waals surface area contributed by atoms with Crippen LogP contribution in [-0.2, 0) is 10.3 Å². The van der Waals surface area contributed by atoms with Crippen LogP contribution >= 0.6 is 0 Å². The van der Waals surface area contributed by atoms with Crippen molar-refractivity contribution in [2.75, 3.05) is 13.7 Å². The quantitative estimate of drug-likeness (QED) is 0.869. The molecule has 0 saturated carbocycles.